The van der Waals surface area contributed by atoms with E-state index in [-0.39, 0.29) is 23.2 Å². The van der Waals surface area contributed by atoms with Gasteiger partial charge in [-0.2, -0.15) is 0 Å². The average Bonchev–Trinajstić information content (AvgIpc) is 2.92. The number of halogens is 1. The Labute approximate surface area is 160 Å². The van der Waals surface area contributed by atoms with Gasteiger partial charge < -0.3 is 15.6 Å². The van der Waals surface area contributed by atoms with Crippen LogP contribution in [0.4, 0.5) is 4.39 Å². The number of amides is 1. The lowest BCUT2D eigenvalue weighted by atomic mass is 10.0. The molecular weight excluding hydrogens is 369 g/mol. The summed E-state index contributed by atoms with van der Waals surface area (Å²) in [5.74, 6) is 4.42. The molecule has 0 unspecified atom stereocenters. The predicted molar refractivity (Wildman–Crippen MR) is 101 cm³/mol. The molecule has 3 N–H and O–H groups in total. The molecule has 1 amide bonds. The third-order valence-electron chi connectivity index (χ3n) is 4.01. The lowest BCUT2D eigenvalue weighted by Gasteiger charge is -2.21. The molecule has 142 valence electrons. The second-order valence-corrected chi connectivity index (χ2v) is 8.05. The van der Waals surface area contributed by atoms with Crippen LogP contribution in [0.3, 0.4) is 0 Å². The summed E-state index contributed by atoms with van der Waals surface area (Å²) >= 11 is 1.21. The van der Waals surface area contributed by atoms with E-state index in [1.165, 1.54) is 37.3 Å². The van der Waals surface area contributed by atoms with Crippen molar-refractivity contribution in [3.63, 3.8) is 0 Å². The number of carbonyl (C=O) groups is 1. The fourth-order valence-corrected chi connectivity index (χ4v) is 3.77. The van der Waals surface area contributed by atoms with Crippen LogP contribution in [-0.4, -0.2) is 47.2 Å². The molecule has 0 bridgehead atoms. The lowest BCUT2D eigenvalue weighted by Crippen LogP contribution is -2.24. The molecule has 0 aliphatic carbocycles. The Morgan fingerprint density at radius 3 is 2.78 bits per heavy atom. The molecule has 1 aliphatic heterocycles. The van der Waals surface area contributed by atoms with Gasteiger partial charge in [-0.3, -0.25) is 9.69 Å². The van der Waals surface area contributed by atoms with Crippen molar-refractivity contribution in [3.05, 3.63) is 33.4 Å². The van der Waals surface area contributed by atoms with Crippen LogP contribution >= 0.6 is 11.3 Å². The van der Waals surface area contributed by atoms with Gasteiger partial charge in [-0.05, 0) is 34.0 Å². The van der Waals surface area contributed by atoms with Gasteiger partial charge in [-0.15, -0.1) is 11.3 Å². The summed E-state index contributed by atoms with van der Waals surface area (Å²) in [6, 6.07) is 2.63. The molecular formula is C19H20FN3O3S. The zero-order valence-electron chi connectivity index (χ0n) is 15.5. The monoisotopic (exact) mass is 389 g/mol. The minimum atomic E-state index is -1.25. The maximum Gasteiger partial charge on any atom is 0.277 e. The van der Waals surface area contributed by atoms with Crippen LogP contribution in [0, 0.1) is 17.7 Å². The van der Waals surface area contributed by atoms with Gasteiger partial charge in [-0.1, -0.05) is 11.8 Å². The maximum absolute atomic E-state index is 14.5. The SMILES string of the molecule is CN(C)[C@H]1COc2cc(F)c(C#CC(C)(C)O)cc2-c2nc(C(N)=O)sc21. The Morgan fingerprint density at radius 1 is 1.48 bits per heavy atom. The maximum atomic E-state index is 14.5. The number of thiazole rings is 1. The van der Waals surface area contributed by atoms with Crippen LogP contribution in [-0.2, 0) is 0 Å². The van der Waals surface area contributed by atoms with Crippen molar-refractivity contribution in [1.82, 2.24) is 9.88 Å². The fourth-order valence-electron chi connectivity index (χ4n) is 2.66. The van der Waals surface area contributed by atoms with E-state index in [2.05, 4.69) is 16.8 Å². The highest BCUT2D eigenvalue weighted by molar-refractivity contribution is 7.14. The summed E-state index contributed by atoms with van der Waals surface area (Å²) in [6.07, 6.45) is 0. The number of hydrogen-bond acceptors (Lipinski definition) is 6. The predicted octanol–water partition coefficient (Wildman–Crippen LogP) is 2.17. The third kappa shape index (κ3) is 3.95. The third-order valence-corrected chi connectivity index (χ3v) is 5.19. The van der Waals surface area contributed by atoms with E-state index in [0.29, 0.717) is 17.0 Å². The second-order valence-electron chi connectivity index (χ2n) is 7.02. The van der Waals surface area contributed by atoms with Crippen molar-refractivity contribution >= 4 is 17.2 Å². The quantitative estimate of drug-likeness (QED) is 0.769. The van der Waals surface area contributed by atoms with Crippen molar-refractivity contribution in [2.24, 2.45) is 5.73 Å². The Hall–Kier alpha value is -2.47. The summed E-state index contributed by atoms with van der Waals surface area (Å²) < 4.78 is 20.3. The van der Waals surface area contributed by atoms with Gasteiger partial charge in [-0.25, -0.2) is 9.37 Å². The Balaban J connectivity index is 2.21. The number of benzene rings is 1. The van der Waals surface area contributed by atoms with Crippen molar-refractivity contribution in [2.45, 2.75) is 25.5 Å². The number of fused-ring (bicyclic) bond motifs is 3. The number of aromatic nitrogens is 1. The van der Waals surface area contributed by atoms with Crippen LogP contribution in [0.2, 0.25) is 0 Å². The number of rotatable bonds is 2. The standard InChI is InChI=1S/C19H20FN3O3S/c1-19(2,25)6-5-10-7-11-14(8-12(10)20)26-9-13(23(3)4)16-15(11)22-18(27-16)17(21)24/h7-8,13,25H,9H2,1-4H3,(H2,21,24)/t13-/m0/s1. The first-order chi connectivity index (χ1) is 12.6. The van der Waals surface area contributed by atoms with E-state index in [9.17, 15) is 14.3 Å². The van der Waals surface area contributed by atoms with Crippen molar-refractivity contribution in [3.8, 4) is 28.8 Å². The fraction of sp³-hybridized carbons (Fsp3) is 0.368. The van der Waals surface area contributed by atoms with Crippen LogP contribution in [0.25, 0.3) is 11.3 Å². The second kappa shape index (κ2) is 6.93. The first-order valence-corrected chi connectivity index (χ1v) is 9.07. The molecule has 0 saturated carbocycles. The molecule has 6 nitrogen and oxygen atoms in total. The molecule has 1 aromatic heterocycles. The van der Waals surface area contributed by atoms with Crippen molar-refractivity contribution in [1.29, 1.82) is 0 Å². The summed E-state index contributed by atoms with van der Waals surface area (Å²) in [7, 11) is 3.77. The summed E-state index contributed by atoms with van der Waals surface area (Å²) in [5.41, 5.74) is 5.34. The van der Waals surface area contributed by atoms with Gasteiger partial charge in [0.05, 0.1) is 22.2 Å². The number of likely N-dealkylation sites (N-methyl/N-ethyl adjacent to an activating group) is 1. The molecule has 2 aromatic rings. The Kier molecular flexibility index (Phi) is 4.95. The largest absolute Gasteiger partial charge is 0.491 e. The number of primary amides is 1. The topological polar surface area (TPSA) is 88.7 Å². The normalized spacial score (nSPS) is 15.9. The first kappa shape index (κ1) is 19.3. The molecule has 2 heterocycles. The minimum absolute atomic E-state index is 0.113. The van der Waals surface area contributed by atoms with E-state index in [4.69, 9.17) is 10.5 Å². The molecule has 1 aliphatic rings. The highest BCUT2D eigenvalue weighted by atomic mass is 32.1. The number of nitrogens with two attached hydrogens (primary N) is 1. The molecule has 0 radical (unpaired) electrons. The molecule has 1 aromatic carbocycles. The van der Waals surface area contributed by atoms with Crippen molar-refractivity contribution in [2.75, 3.05) is 20.7 Å². The zero-order valence-corrected chi connectivity index (χ0v) is 16.3. The number of aliphatic hydroxyl groups is 1. The van der Waals surface area contributed by atoms with Gasteiger partial charge in [0, 0.05) is 11.6 Å². The lowest BCUT2D eigenvalue weighted by molar-refractivity contribution is 0.1000. The van der Waals surface area contributed by atoms with E-state index in [0.717, 1.165) is 4.88 Å². The van der Waals surface area contributed by atoms with Crippen LogP contribution in [0.5, 0.6) is 5.75 Å². The van der Waals surface area contributed by atoms with Crippen LogP contribution in [0.15, 0.2) is 12.1 Å². The Morgan fingerprint density at radius 2 is 2.19 bits per heavy atom. The van der Waals surface area contributed by atoms with Gasteiger partial charge in [0.1, 0.15) is 23.8 Å². The van der Waals surface area contributed by atoms with Gasteiger partial charge in [0.25, 0.3) is 5.91 Å². The smallest absolute Gasteiger partial charge is 0.277 e. The molecule has 0 spiro atoms. The summed E-state index contributed by atoms with van der Waals surface area (Å²) in [4.78, 5) is 18.8. The molecule has 1 atom stereocenters. The number of hydrogen-bond donors (Lipinski definition) is 2. The number of ether oxygens (including phenoxy) is 1. The van der Waals surface area contributed by atoms with E-state index in [1.807, 2.05) is 19.0 Å². The highest BCUT2D eigenvalue weighted by Crippen LogP contribution is 2.43. The van der Waals surface area contributed by atoms with E-state index < -0.39 is 17.3 Å². The number of nitrogens with zero attached hydrogens (tertiary/aromatic N) is 2. The number of carbonyl (C=O) groups excluding carboxylic acids is 1. The molecule has 3 rings (SSSR count). The average molecular weight is 389 g/mol. The minimum Gasteiger partial charge on any atom is -0.491 e. The highest BCUT2D eigenvalue weighted by Gasteiger charge is 2.30. The van der Waals surface area contributed by atoms with Crippen molar-refractivity contribution < 1.29 is 19.0 Å². The molecule has 27 heavy (non-hydrogen) atoms. The van der Waals surface area contributed by atoms with E-state index >= 15 is 0 Å². The van der Waals surface area contributed by atoms with Gasteiger partial charge in [0.2, 0.25) is 0 Å². The molecule has 0 saturated heterocycles. The van der Waals surface area contributed by atoms with Crippen LogP contribution < -0.4 is 10.5 Å². The molecule has 0 fully saturated rings. The van der Waals surface area contributed by atoms with Crippen LogP contribution in [0.1, 0.15) is 40.1 Å². The van der Waals surface area contributed by atoms with Gasteiger partial charge >= 0.3 is 0 Å². The summed E-state index contributed by atoms with van der Waals surface area (Å²) in [6.45, 7) is 3.31. The van der Waals surface area contributed by atoms with Gasteiger partial charge in [0.15, 0.2) is 5.01 Å². The van der Waals surface area contributed by atoms with E-state index in [1.54, 1.807) is 0 Å². The zero-order chi connectivity index (χ0) is 19.9. The molecule has 8 heteroatoms. The summed E-state index contributed by atoms with van der Waals surface area (Å²) in [5, 5.41) is 9.97. The Bertz CT molecular complexity index is 967. The first-order valence-electron chi connectivity index (χ1n) is 8.26.